The number of nitro benzene ring substituents is 1. The maximum atomic E-state index is 12.4. The molecule has 1 atom stereocenters. The molecule has 0 bridgehead atoms. The van der Waals surface area contributed by atoms with Gasteiger partial charge in [-0.15, -0.1) is 0 Å². The Bertz CT molecular complexity index is 799. The molecule has 1 aliphatic carbocycles. The first-order chi connectivity index (χ1) is 11.1. The molecule has 0 N–H and O–H groups in total. The van der Waals surface area contributed by atoms with Gasteiger partial charge in [-0.05, 0) is 24.5 Å². The van der Waals surface area contributed by atoms with Gasteiger partial charge in [-0.25, -0.2) is 4.79 Å². The van der Waals surface area contributed by atoms with E-state index in [-0.39, 0.29) is 17.0 Å². The summed E-state index contributed by atoms with van der Waals surface area (Å²) in [6.07, 6.45) is 0.211. The van der Waals surface area contributed by atoms with E-state index in [4.69, 9.17) is 4.74 Å². The molecule has 2 aromatic rings. The highest BCUT2D eigenvalue weighted by Gasteiger charge is 2.30. The highest BCUT2D eigenvalue weighted by Crippen LogP contribution is 2.24. The summed E-state index contributed by atoms with van der Waals surface area (Å²) in [5.41, 5.74) is 1.38. The number of Topliss-reactive ketones (excluding diaryl/α,β-unsaturated/α-hetero) is 1. The zero-order chi connectivity index (χ0) is 16.4. The van der Waals surface area contributed by atoms with Gasteiger partial charge in [0, 0.05) is 17.7 Å². The second kappa shape index (κ2) is 6.00. The summed E-state index contributed by atoms with van der Waals surface area (Å²) in [4.78, 5) is 34.7. The van der Waals surface area contributed by atoms with Crippen LogP contribution in [0, 0.1) is 10.1 Å². The fourth-order valence-corrected chi connectivity index (χ4v) is 2.63. The molecule has 1 unspecified atom stereocenters. The molecule has 23 heavy (non-hydrogen) atoms. The highest BCUT2D eigenvalue weighted by atomic mass is 16.6. The number of non-ortho nitro benzene ring substituents is 1. The van der Waals surface area contributed by atoms with Gasteiger partial charge in [-0.1, -0.05) is 30.3 Å². The number of rotatable bonds is 3. The lowest BCUT2D eigenvalue weighted by Gasteiger charge is -2.23. The number of nitro groups is 1. The number of esters is 1. The molecule has 0 fully saturated rings. The molecular weight excluding hydrogens is 298 g/mol. The van der Waals surface area contributed by atoms with E-state index in [2.05, 4.69) is 0 Å². The van der Waals surface area contributed by atoms with E-state index < -0.39 is 17.0 Å². The number of carbonyl (C=O) groups excluding carboxylic acids is 2. The Labute approximate surface area is 131 Å². The van der Waals surface area contributed by atoms with Crippen LogP contribution in [-0.4, -0.2) is 22.8 Å². The smallest absolute Gasteiger partial charge is 0.339 e. The molecule has 2 aromatic carbocycles. The van der Waals surface area contributed by atoms with Gasteiger partial charge in [0.1, 0.15) is 0 Å². The van der Waals surface area contributed by atoms with Crippen LogP contribution in [0.3, 0.4) is 0 Å². The van der Waals surface area contributed by atoms with Crippen molar-refractivity contribution in [2.45, 2.75) is 18.9 Å². The van der Waals surface area contributed by atoms with Crippen LogP contribution in [0.5, 0.6) is 0 Å². The summed E-state index contributed by atoms with van der Waals surface area (Å²) in [7, 11) is 0. The van der Waals surface area contributed by atoms with Crippen molar-refractivity contribution in [2.24, 2.45) is 0 Å². The summed E-state index contributed by atoms with van der Waals surface area (Å²) >= 11 is 0. The SMILES string of the molecule is O=C(OC1CCc2ccccc2C1=O)c1cccc([N+](=O)[O-])c1. The van der Waals surface area contributed by atoms with Crippen molar-refractivity contribution in [3.05, 3.63) is 75.3 Å². The van der Waals surface area contributed by atoms with E-state index in [9.17, 15) is 19.7 Å². The molecule has 0 aromatic heterocycles. The monoisotopic (exact) mass is 311 g/mol. The van der Waals surface area contributed by atoms with Gasteiger partial charge >= 0.3 is 5.97 Å². The van der Waals surface area contributed by atoms with Crippen molar-refractivity contribution < 1.29 is 19.2 Å². The fraction of sp³-hybridized carbons (Fsp3) is 0.176. The quantitative estimate of drug-likeness (QED) is 0.494. The minimum Gasteiger partial charge on any atom is -0.450 e. The molecule has 6 nitrogen and oxygen atoms in total. The number of hydrogen-bond acceptors (Lipinski definition) is 5. The summed E-state index contributed by atoms with van der Waals surface area (Å²) in [5.74, 6) is -0.961. The summed E-state index contributed by atoms with van der Waals surface area (Å²) in [6, 6.07) is 12.5. The molecule has 0 spiro atoms. The van der Waals surface area contributed by atoms with E-state index in [1.165, 1.54) is 18.2 Å². The van der Waals surface area contributed by atoms with Crippen molar-refractivity contribution in [2.75, 3.05) is 0 Å². The lowest BCUT2D eigenvalue weighted by molar-refractivity contribution is -0.384. The van der Waals surface area contributed by atoms with Crippen molar-refractivity contribution in [3.63, 3.8) is 0 Å². The Morgan fingerprint density at radius 1 is 1.17 bits per heavy atom. The molecule has 1 aliphatic rings. The van der Waals surface area contributed by atoms with Gasteiger partial charge in [0.2, 0.25) is 5.78 Å². The molecule has 0 heterocycles. The number of aryl methyl sites for hydroxylation is 1. The Hall–Kier alpha value is -3.02. The average Bonchev–Trinajstić information content (AvgIpc) is 2.57. The number of benzene rings is 2. The van der Waals surface area contributed by atoms with Crippen LogP contribution in [0.4, 0.5) is 5.69 Å². The van der Waals surface area contributed by atoms with Crippen LogP contribution in [0.15, 0.2) is 48.5 Å². The molecule has 0 radical (unpaired) electrons. The number of nitrogens with zero attached hydrogens (tertiary/aromatic N) is 1. The van der Waals surface area contributed by atoms with Gasteiger partial charge in [0.05, 0.1) is 10.5 Å². The average molecular weight is 311 g/mol. The number of fused-ring (bicyclic) bond motifs is 1. The predicted octanol–water partition coefficient (Wildman–Crippen LogP) is 2.95. The largest absolute Gasteiger partial charge is 0.450 e. The van der Waals surface area contributed by atoms with E-state index >= 15 is 0 Å². The van der Waals surface area contributed by atoms with Gasteiger partial charge in [0.15, 0.2) is 6.10 Å². The van der Waals surface area contributed by atoms with E-state index in [1.54, 1.807) is 12.1 Å². The zero-order valence-electron chi connectivity index (χ0n) is 12.1. The van der Waals surface area contributed by atoms with Crippen LogP contribution < -0.4 is 0 Å². The Balaban J connectivity index is 1.78. The molecule has 0 saturated heterocycles. The van der Waals surface area contributed by atoms with Gasteiger partial charge in [-0.3, -0.25) is 14.9 Å². The summed E-state index contributed by atoms with van der Waals surface area (Å²) in [5, 5.41) is 10.8. The number of hydrogen-bond donors (Lipinski definition) is 0. The number of ketones is 1. The van der Waals surface area contributed by atoms with Crippen LogP contribution in [0.25, 0.3) is 0 Å². The molecule has 0 amide bonds. The van der Waals surface area contributed by atoms with Gasteiger partial charge in [0.25, 0.3) is 5.69 Å². The first-order valence-electron chi connectivity index (χ1n) is 7.14. The fourth-order valence-electron chi connectivity index (χ4n) is 2.63. The van der Waals surface area contributed by atoms with E-state index in [1.807, 2.05) is 12.1 Å². The van der Waals surface area contributed by atoms with Crippen LogP contribution >= 0.6 is 0 Å². The first kappa shape index (κ1) is 14.9. The maximum absolute atomic E-state index is 12.4. The summed E-state index contributed by atoms with van der Waals surface area (Å²) < 4.78 is 5.27. The Morgan fingerprint density at radius 2 is 1.96 bits per heavy atom. The first-order valence-corrected chi connectivity index (χ1v) is 7.14. The summed E-state index contributed by atoms with van der Waals surface area (Å²) in [6.45, 7) is 0. The third kappa shape index (κ3) is 2.96. The van der Waals surface area contributed by atoms with Crippen molar-refractivity contribution in [3.8, 4) is 0 Å². The van der Waals surface area contributed by atoms with Gasteiger partial charge < -0.3 is 4.74 Å². The van der Waals surface area contributed by atoms with Crippen LogP contribution in [0.1, 0.15) is 32.7 Å². The second-order valence-electron chi connectivity index (χ2n) is 5.26. The Kier molecular flexibility index (Phi) is 3.89. The third-order valence-corrected chi connectivity index (χ3v) is 3.79. The lowest BCUT2D eigenvalue weighted by Crippen LogP contribution is -2.32. The molecular formula is C17H13NO5. The highest BCUT2D eigenvalue weighted by molar-refractivity contribution is 6.03. The van der Waals surface area contributed by atoms with Crippen molar-refractivity contribution in [1.29, 1.82) is 0 Å². The Morgan fingerprint density at radius 3 is 2.74 bits per heavy atom. The van der Waals surface area contributed by atoms with Gasteiger partial charge in [-0.2, -0.15) is 0 Å². The van der Waals surface area contributed by atoms with Crippen LogP contribution in [0.2, 0.25) is 0 Å². The lowest BCUT2D eigenvalue weighted by atomic mass is 9.89. The van der Waals surface area contributed by atoms with E-state index in [0.29, 0.717) is 18.4 Å². The predicted molar refractivity (Wildman–Crippen MR) is 81.4 cm³/mol. The minimum atomic E-state index is -0.850. The van der Waals surface area contributed by atoms with E-state index in [0.717, 1.165) is 11.6 Å². The topological polar surface area (TPSA) is 86.5 Å². The minimum absolute atomic E-state index is 0.0610. The molecule has 116 valence electrons. The molecule has 0 saturated carbocycles. The molecule has 3 rings (SSSR count). The van der Waals surface area contributed by atoms with Crippen LogP contribution in [-0.2, 0) is 11.2 Å². The van der Waals surface area contributed by atoms with Crippen molar-refractivity contribution >= 4 is 17.4 Å². The third-order valence-electron chi connectivity index (χ3n) is 3.79. The number of carbonyl (C=O) groups is 2. The number of ether oxygens (including phenoxy) is 1. The molecule has 0 aliphatic heterocycles. The normalized spacial score (nSPS) is 16.5. The standard InChI is InChI=1S/C17H13NO5/c19-16-14-7-2-1-4-11(14)8-9-15(16)23-17(20)12-5-3-6-13(10-12)18(21)22/h1-7,10,15H,8-9H2. The molecule has 6 heteroatoms. The zero-order valence-corrected chi connectivity index (χ0v) is 12.1. The second-order valence-corrected chi connectivity index (χ2v) is 5.26. The van der Waals surface area contributed by atoms with Crippen molar-refractivity contribution in [1.82, 2.24) is 0 Å². The maximum Gasteiger partial charge on any atom is 0.339 e.